The minimum absolute atomic E-state index is 0. The number of aromatic nitrogens is 3. The molecule has 0 aliphatic heterocycles. The smallest absolute Gasteiger partial charge is 0.305 e. The predicted molar refractivity (Wildman–Crippen MR) is 288 cm³/mol. The van der Waals surface area contributed by atoms with E-state index < -0.39 is 23.6 Å². The SMILES string of the molecule is [2H]C([2H])(c1ccc(-c2[c-]cc(-c3ccccc3-c3cc(CCc4c[c-]c(-c5ccccn5)cc4)cc(CCc4c[c-]c(-c5ccccn5)cc4)c3)c(-c3ccc(C#N)c(C([2H])([2H])C(C)(C)C)c3)c2)nc1)C(C)(C)C.[Ir+3]. The minimum atomic E-state index is -1.84. The van der Waals surface area contributed by atoms with Gasteiger partial charge in [-0.25, -0.2) is 0 Å². The first kappa shape index (κ1) is 45.1. The maximum absolute atomic E-state index is 10.3. The van der Waals surface area contributed by atoms with Crippen molar-refractivity contribution in [2.24, 2.45) is 10.8 Å². The molecule has 6 aromatic carbocycles. The van der Waals surface area contributed by atoms with E-state index in [4.69, 9.17) is 7.73 Å². The Balaban J connectivity index is 0.00000747. The second kappa shape index (κ2) is 22.3. The van der Waals surface area contributed by atoms with Gasteiger partial charge in [-0.05, 0) is 111 Å². The zero-order chi connectivity index (χ0) is 52.3. The van der Waals surface area contributed by atoms with Crippen LogP contribution in [0.2, 0.25) is 0 Å². The maximum atomic E-state index is 10.3. The monoisotopic (exact) mass is 1100 g/mol. The number of nitrogens with zero attached hydrogens (tertiary/aromatic N) is 4. The Labute approximate surface area is 441 Å². The quantitative estimate of drug-likeness (QED) is 0.102. The van der Waals surface area contributed by atoms with Gasteiger partial charge in [-0.2, -0.15) is 5.26 Å². The third-order valence-corrected chi connectivity index (χ3v) is 12.1. The van der Waals surface area contributed by atoms with E-state index in [9.17, 15) is 8.00 Å². The van der Waals surface area contributed by atoms with E-state index in [0.29, 0.717) is 22.4 Å². The number of aryl methyl sites for hydroxylation is 4. The standard InChI is InChI=1S/C66H59N4.Ir/c1-65(2,3)42-50-25-34-64(70-45-50)54-32-33-60(61(41-54)53-30-31-55(44-67)57(40-53)43-66(4,5)6)59-14-8-7-13-58(59)56-38-48(19-17-46-21-26-51(27-22-46)62-15-9-11-35-68-62)37-49(39-56)20-18-47-23-28-52(29-24-47)63-16-10-12-36-69-63;/h7-16,21-26,28,30-31,33-41,45H,17-20,42-43H2,1-6H3;/q-3;+3/i42D2,43D2;. The van der Waals surface area contributed by atoms with Crippen molar-refractivity contribution in [3.63, 3.8) is 0 Å². The molecule has 0 saturated carbocycles. The van der Waals surface area contributed by atoms with E-state index in [1.807, 2.05) is 114 Å². The number of nitriles is 1. The van der Waals surface area contributed by atoms with Crippen LogP contribution in [0.15, 0.2) is 176 Å². The largest absolute Gasteiger partial charge is 3.00 e. The van der Waals surface area contributed by atoms with Crippen molar-refractivity contribution >= 4 is 0 Å². The normalized spacial score (nSPS) is 12.7. The molecule has 0 fully saturated rings. The van der Waals surface area contributed by atoms with Gasteiger partial charge in [0.15, 0.2) is 0 Å². The van der Waals surface area contributed by atoms with Crippen molar-refractivity contribution in [2.75, 3.05) is 0 Å². The fraction of sp³-hybridized carbons (Fsp3) is 0.212. The van der Waals surface area contributed by atoms with Crippen LogP contribution in [0.1, 0.15) is 86.0 Å². The van der Waals surface area contributed by atoms with Crippen LogP contribution in [0.4, 0.5) is 0 Å². The van der Waals surface area contributed by atoms with Crippen molar-refractivity contribution in [2.45, 2.75) is 80.0 Å². The summed E-state index contributed by atoms with van der Waals surface area (Å²) in [4.78, 5) is 13.8. The molecule has 71 heavy (non-hydrogen) atoms. The molecule has 0 unspecified atom stereocenters. The zero-order valence-corrected chi connectivity index (χ0v) is 43.6. The molecule has 5 heteroatoms. The van der Waals surface area contributed by atoms with Gasteiger partial charge in [0.25, 0.3) is 0 Å². The molecular weight excluding hydrogens is 1040 g/mol. The van der Waals surface area contributed by atoms with E-state index in [1.54, 1.807) is 30.7 Å². The number of benzene rings is 6. The Morgan fingerprint density at radius 3 is 1.54 bits per heavy atom. The second-order valence-corrected chi connectivity index (χ2v) is 20.0. The number of hydrogen-bond donors (Lipinski definition) is 0. The predicted octanol–water partition coefficient (Wildman–Crippen LogP) is 15.9. The molecule has 9 aromatic rings. The summed E-state index contributed by atoms with van der Waals surface area (Å²) in [5.74, 6) is 0. The van der Waals surface area contributed by atoms with Crippen LogP contribution in [-0.4, -0.2) is 15.0 Å². The van der Waals surface area contributed by atoms with E-state index in [2.05, 4.69) is 107 Å². The summed E-state index contributed by atoms with van der Waals surface area (Å²) in [5, 5.41) is 10.3. The molecule has 3 aromatic heterocycles. The summed E-state index contributed by atoms with van der Waals surface area (Å²) >= 11 is 0. The summed E-state index contributed by atoms with van der Waals surface area (Å²) in [6.45, 7) is 11.2. The molecule has 4 nitrogen and oxygen atoms in total. The van der Waals surface area contributed by atoms with Crippen molar-refractivity contribution < 1.29 is 25.6 Å². The van der Waals surface area contributed by atoms with Crippen LogP contribution in [0.3, 0.4) is 0 Å². The van der Waals surface area contributed by atoms with Crippen LogP contribution >= 0.6 is 0 Å². The van der Waals surface area contributed by atoms with Gasteiger partial charge in [0.1, 0.15) is 0 Å². The molecule has 0 aliphatic rings. The first-order valence-corrected chi connectivity index (χ1v) is 24.0. The minimum Gasteiger partial charge on any atom is -0.305 e. The molecule has 0 saturated heterocycles. The van der Waals surface area contributed by atoms with Crippen LogP contribution in [0, 0.1) is 40.4 Å². The first-order valence-electron chi connectivity index (χ1n) is 26.0. The fourth-order valence-electron chi connectivity index (χ4n) is 8.82. The fourth-order valence-corrected chi connectivity index (χ4v) is 8.82. The summed E-state index contributed by atoms with van der Waals surface area (Å²) in [6, 6.07) is 65.7. The Morgan fingerprint density at radius 1 is 0.465 bits per heavy atom. The number of hydrogen-bond acceptors (Lipinski definition) is 4. The zero-order valence-electron chi connectivity index (χ0n) is 45.2. The van der Waals surface area contributed by atoms with Gasteiger partial charge in [0.05, 0.1) is 11.6 Å². The average molecular weight is 1100 g/mol. The van der Waals surface area contributed by atoms with Crippen molar-refractivity contribution in [1.82, 2.24) is 15.0 Å². The molecule has 9 rings (SSSR count). The molecule has 0 bridgehead atoms. The molecule has 0 amide bonds. The van der Waals surface area contributed by atoms with E-state index in [1.165, 1.54) is 22.3 Å². The van der Waals surface area contributed by atoms with Gasteiger partial charge in [-0.3, -0.25) is 0 Å². The first-order chi connectivity index (χ1) is 35.4. The maximum Gasteiger partial charge on any atom is 3.00 e. The van der Waals surface area contributed by atoms with Gasteiger partial charge < -0.3 is 15.0 Å². The van der Waals surface area contributed by atoms with Gasteiger partial charge in [-0.15, -0.1) is 94.5 Å². The molecule has 0 aliphatic carbocycles. The molecule has 0 atom stereocenters. The van der Waals surface area contributed by atoms with Crippen LogP contribution in [-0.2, 0) is 58.5 Å². The van der Waals surface area contributed by atoms with E-state index in [0.717, 1.165) is 81.6 Å². The molecule has 0 spiro atoms. The molecule has 352 valence electrons. The van der Waals surface area contributed by atoms with Crippen molar-refractivity contribution in [3.05, 3.63) is 233 Å². The Morgan fingerprint density at radius 2 is 1.01 bits per heavy atom. The number of pyridine rings is 3. The topological polar surface area (TPSA) is 62.5 Å². The van der Waals surface area contributed by atoms with Crippen molar-refractivity contribution in [3.8, 4) is 73.2 Å². The second-order valence-electron chi connectivity index (χ2n) is 20.0. The van der Waals surface area contributed by atoms with Crippen LogP contribution < -0.4 is 0 Å². The van der Waals surface area contributed by atoms with Gasteiger partial charge in [-0.1, -0.05) is 162 Å². The molecular formula is C66H59IrN4. The van der Waals surface area contributed by atoms with Gasteiger partial charge in [0, 0.05) is 24.1 Å². The van der Waals surface area contributed by atoms with E-state index >= 15 is 0 Å². The molecule has 0 N–H and O–H groups in total. The summed E-state index contributed by atoms with van der Waals surface area (Å²) in [6.07, 6.45) is 5.05. The third kappa shape index (κ3) is 13.0. The van der Waals surface area contributed by atoms with Gasteiger partial charge in [0.2, 0.25) is 0 Å². The average Bonchev–Trinajstić information content (AvgIpc) is 3.41. The molecule has 3 heterocycles. The summed E-state index contributed by atoms with van der Waals surface area (Å²) in [7, 11) is 0. The summed E-state index contributed by atoms with van der Waals surface area (Å²) < 4.78 is 36.5. The summed E-state index contributed by atoms with van der Waals surface area (Å²) in [5.41, 5.74) is 15.1. The van der Waals surface area contributed by atoms with Crippen LogP contribution in [0.5, 0.6) is 0 Å². The van der Waals surface area contributed by atoms with Gasteiger partial charge >= 0.3 is 20.1 Å². The van der Waals surface area contributed by atoms with Crippen molar-refractivity contribution in [1.29, 1.82) is 5.26 Å². The number of rotatable bonds is 14. The molecule has 0 radical (unpaired) electrons. The third-order valence-electron chi connectivity index (χ3n) is 12.1. The Kier molecular flexibility index (Phi) is 14.2. The Hall–Kier alpha value is -7.09. The van der Waals surface area contributed by atoms with E-state index in [-0.39, 0.29) is 25.7 Å². The Bertz CT molecular complexity index is 3340. The van der Waals surface area contributed by atoms with Crippen LogP contribution in [0.25, 0.3) is 67.2 Å².